The van der Waals surface area contributed by atoms with E-state index in [-0.39, 0.29) is 29.5 Å². The van der Waals surface area contributed by atoms with E-state index in [0.717, 1.165) is 5.56 Å². The van der Waals surface area contributed by atoms with Crippen molar-refractivity contribution in [3.8, 4) is 11.5 Å². The van der Waals surface area contributed by atoms with Crippen LogP contribution in [0.3, 0.4) is 0 Å². The Morgan fingerprint density at radius 2 is 1.59 bits per heavy atom. The van der Waals surface area contributed by atoms with E-state index < -0.39 is 18.5 Å². The van der Waals surface area contributed by atoms with Crippen LogP contribution in [0.5, 0.6) is 11.5 Å². The van der Waals surface area contributed by atoms with E-state index in [1.807, 2.05) is 0 Å². The summed E-state index contributed by atoms with van der Waals surface area (Å²) in [6.07, 6.45) is 0. The minimum absolute atomic E-state index is 0.170. The molecule has 8 heteroatoms. The van der Waals surface area contributed by atoms with Gasteiger partial charge in [-0.15, -0.1) is 0 Å². The fraction of sp³-hybridized carbons (Fsp3) is 0.211. The maximum absolute atomic E-state index is 12.3. The number of aromatic carboxylic acids is 1. The number of ether oxygens (including phenoxy) is 2. The van der Waals surface area contributed by atoms with Gasteiger partial charge in [-0.05, 0) is 42.8 Å². The number of hydrogen-bond acceptors (Lipinski definition) is 5. The lowest BCUT2D eigenvalue weighted by molar-refractivity contribution is -0.139. The predicted octanol–water partition coefficient (Wildman–Crippen LogP) is 2.18. The third-order valence-corrected chi connectivity index (χ3v) is 3.51. The van der Waals surface area contributed by atoms with Gasteiger partial charge >= 0.3 is 11.9 Å². The molecule has 8 nitrogen and oxygen atoms in total. The Kier molecular flexibility index (Phi) is 6.76. The van der Waals surface area contributed by atoms with Crippen LogP contribution in [0.15, 0.2) is 42.5 Å². The third kappa shape index (κ3) is 5.74. The molecule has 0 aliphatic rings. The van der Waals surface area contributed by atoms with Gasteiger partial charge in [0.15, 0.2) is 18.1 Å². The zero-order valence-electron chi connectivity index (χ0n) is 14.6. The summed E-state index contributed by atoms with van der Waals surface area (Å²) in [4.78, 5) is 33.8. The van der Waals surface area contributed by atoms with Crippen molar-refractivity contribution in [2.75, 3.05) is 13.2 Å². The minimum atomic E-state index is -1.12. The third-order valence-electron chi connectivity index (χ3n) is 3.51. The number of hydrogen-bond donors (Lipinski definition) is 3. The number of benzene rings is 2. The summed E-state index contributed by atoms with van der Waals surface area (Å²) in [6.45, 7) is 1.79. The second-order valence-electron chi connectivity index (χ2n) is 5.46. The molecular formula is C19H19NO7. The number of rotatable bonds is 9. The topological polar surface area (TPSA) is 122 Å². The molecule has 0 heterocycles. The number of aliphatic carboxylic acids is 1. The van der Waals surface area contributed by atoms with Crippen molar-refractivity contribution in [3.05, 3.63) is 59.2 Å². The van der Waals surface area contributed by atoms with Crippen LogP contribution in [-0.4, -0.2) is 41.3 Å². The maximum atomic E-state index is 12.3. The van der Waals surface area contributed by atoms with Crippen molar-refractivity contribution in [1.29, 1.82) is 0 Å². The molecule has 0 aromatic heterocycles. The lowest BCUT2D eigenvalue weighted by atomic mass is 10.1. The first kappa shape index (κ1) is 19.8. The number of carboxylic acid groups (broad SMARTS) is 2. The van der Waals surface area contributed by atoms with Crippen molar-refractivity contribution in [3.63, 3.8) is 0 Å². The first-order valence-corrected chi connectivity index (χ1v) is 8.12. The minimum Gasteiger partial charge on any atom is -0.490 e. The summed E-state index contributed by atoms with van der Waals surface area (Å²) in [5.74, 6) is -1.98. The Balaban J connectivity index is 2.05. The Bertz CT molecular complexity index is 830. The van der Waals surface area contributed by atoms with Crippen LogP contribution in [0.1, 0.15) is 33.2 Å². The number of carbonyl (C=O) groups is 3. The average molecular weight is 373 g/mol. The number of carbonyl (C=O) groups excluding carboxylic acids is 1. The number of nitrogens with one attached hydrogen (secondary N) is 1. The molecule has 2 rings (SSSR count). The normalized spacial score (nSPS) is 10.1. The standard InChI is InChI=1S/C19H19NO7/c1-2-26-16-9-14(7-8-15(16)27-11-17(21)22)18(23)20-10-12-3-5-13(6-4-12)19(24)25/h3-9H,2,10-11H2,1H3,(H,20,23)(H,21,22)(H,24,25). The smallest absolute Gasteiger partial charge is 0.341 e. The van der Waals surface area contributed by atoms with Crippen molar-refractivity contribution in [1.82, 2.24) is 5.32 Å². The Labute approximate surface area is 155 Å². The molecule has 2 aromatic carbocycles. The SMILES string of the molecule is CCOc1cc(C(=O)NCc2ccc(C(=O)O)cc2)ccc1OCC(=O)O. The molecule has 0 unspecified atom stereocenters. The van der Waals surface area contributed by atoms with Gasteiger partial charge in [0.25, 0.3) is 5.91 Å². The predicted molar refractivity (Wildman–Crippen MR) is 95.3 cm³/mol. The summed E-state index contributed by atoms with van der Waals surface area (Å²) in [7, 11) is 0. The van der Waals surface area contributed by atoms with Gasteiger partial charge in [-0.1, -0.05) is 12.1 Å². The van der Waals surface area contributed by atoms with Gasteiger partial charge < -0.3 is 25.0 Å². The molecule has 1 amide bonds. The van der Waals surface area contributed by atoms with Crippen molar-refractivity contribution < 1.29 is 34.1 Å². The van der Waals surface area contributed by atoms with Crippen molar-refractivity contribution in [2.45, 2.75) is 13.5 Å². The zero-order valence-corrected chi connectivity index (χ0v) is 14.6. The summed E-state index contributed by atoms with van der Waals surface area (Å²) in [6, 6.07) is 10.6. The average Bonchev–Trinajstić information content (AvgIpc) is 2.65. The quantitative estimate of drug-likeness (QED) is 0.616. The lowest BCUT2D eigenvalue weighted by Crippen LogP contribution is -2.23. The molecule has 0 bridgehead atoms. The fourth-order valence-electron chi connectivity index (χ4n) is 2.23. The molecule has 142 valence electrons. The number of carboxylic acids is 2. The molecule has 2 aromatic rings. The van der Waals surface area contributed by atoms with E-state index >= 15 is 0 Å². The molecular weight excluding hydrogens is 354 g/mol. The molecule has 0 spiro atoms. The van der Waals surface area contributed by atoms with E-state index in [9.17, 15) is 14.4 Å². The lowest BCUT2D eigenvalue weighted by Gasteiger charge is -2.12. The van der Waals surface area contributed by atoms with E-state index in [1.165, 1.54) is 30.3 Å². The van der Waals surface area contributed by atoms with E-state index in [0.29, 0.717) is 12.2 Å². The largest absolute Gasteiger partial charge is 0.490 e. The number of amides is 1. The monoisotopic (exact) mass is 373 g/mol. The molecule has 3 N–H and O–H groups in total. The molecule has 0 fully saturated rings. The van der Waals surface area contributed by atoms with E-state index in [4.69, 9.17) is 19.7 Å². The molecule has 0 radical (unpaired) electrons. The van der Waals surface area contributed by atoms with Crippen LogP contribution in [0.25, 0.3) is 0 Å². The summed E-state index contributed by atoms with van der Waals surface area (Å²) >= 11 is 0. The van der Waals surface area contributed by atoms with Gasteiger partial charge in [0.05, 0.1) is 12.2 Å². The highest BCUT2D eigenvalue weighted by Crippen LogP contribution is 2.28. The highest BCUT2D eigenvalue weighted by Gasteiger charge is 2.13. The van der Waals surface area contributed by atoms with Crippen molar-refractivity contribution in [2.24, 2.45) is 0 Å². The Morgan fingerprint density at radius 3 is 2.19 bits per heavy atom. The maximum Gasteiger partial charge on any atom is 0.341 e. The highest BCUT2D eigenvalue weighted by atomic mass is 16.5. The van der Waals surface area contributed by atoms with Crippen LogP contribution < -0.4 is 14.8 Å². The van der Waals surface area contributed by atoms with Gasteiger partial charge in [-0.25, -0.2) is 9.59 Å². The van der Waals surface area contributed by atoms with Crippen LogP contribution in [0.2, 0.25) is 0 Å². The molecule has 0 saturated carbocycles. The summed E-state index contributed by atoms with van der Waals surface area (Å²) in [5, 5.41) is 20.3. The molecule has 0 saturated heterocycles. The van der Waals surface area contributed by atoms with Gasteiger partial charge in [0.2, 0.25) is 0 Å². The fourth-order valence-corrected chi connectivity index (χ4v) is 2.23. The second-order valence-corrected chi connectivity index (χ2v) is 5.46. The molecule has 0 aliphatic carbocycles. The van der Waals surface area contributed by atoms with Gasteiger partial charge in [-0.3, -0.25) is 4.79 Å². The van der Waals surface area contributed by atoms with Crippen LogP contribution in [0, 0.1) is 0 Å². The summed E-state index contributed by atoms with van der Waals surface area (Å²) < 4.78 is 10.5. The van der Waals surface area contributed by atoms with Crippen LogP contribution in [0.4, 0.5) is 0 Å². The molecule has 0 atom stereocenters. The molecule has 0 aliphatic heterocycles. The zero-order chi connectivity index (χ0) is 19.8. The van der Waals surface area contributed by atoms with Crippen molar-refractivity contribution >= 4 is 17.8 Å². The first-order valence-electron chi connectivity index (χ1n) is 8.12. The van der Waals surface area contributed by atoms with E-state index in [2.05, 4.69) is 5.32 Å². The Morgan fingerprint density at radius 1 is 0.926 bits per heavy atom. The van der Waals surface area contributed by atoms with Gasteiger partial charge in [-0.2, -0.15) is 0 Å². The van der Waals surface area contributed by atoms with Crippen LogP contribution >= 0.6 is 0 Å². The Hall–Kier alpha value is -3.55. The van der Waals surface area contributed by atoms with Gasteiger partial charge in [0, 0.05) is 12.1 Å². The second kappa shape index (κ2) is 9.23. The van der Waals surface area contributed by atoms with E-state index in [1.54, 1.807) is 19.1 Å². The first-order chi connectivity index (χ1) is 12.9. The summed E-state index contributed by atoms with van der Waals surface area (Å²) in [5.41, 5.74) is 1.24. The van der Waals surface area contributed by atoms with Crippen LogP contribution in [-0.2, 0) is 11.3 Å². The van der Waals surface area contributed by atoms with Gasteiger partial charge in [0.1, 0.15) is 0 Å². The highest BCUT2D eigenvalue weighted by molar-refractivity contribution is 5.95. The molecule has 27 heavy (non-hydrogen) atoms.